The van der Waals surface area contributed by atoms with E-state index in [1.165, 1.54) is 6.07 Å². The molecule has 0 saturated carbocycles. The van der Waals surface area contributed by atoms with Gasteiger partial charge >= 0.3 is 0 Å². The van der Waals surface area contributed by atoms with Crippen LogP contribution in [0.15, 0.2) is 42.5 Å². The zero-order valence-electron chi connectivity index (χ0n) is 16.9. The number of halogens is 2. The fourth-order valence-electron chi connectivity index (χ4n) is 2.38. The molecule has 0 radical (unpaired) electrons. The van der Waals surface area contributed by atoms with Crippen LogP contribution in [-0.4, -0.2) is 37.5 Å². The molecular formula is C21H23Cl2N3O5. The molecule has 3 amide bonds. The standard InChI is InChI=1S/C21H23Cl2N3O5/c1-2-30-10-11-31-16-5-3-4-14(12-16)21(29)26-25-20(28)9-8-19(27)24-18-7-6-15(22)13-17(18)23/h3-7,12-13H,2,8-11H2,1H3,(H,24,27)(H,25,28)(H,26,29). The van der Waals surface area contributed by atoms with Crippen molar-refractivity contribution in [3.05, 3.63) is 58.1 Å². The van der Waals surface area contributed by atoms with Crippen molar-refractivity contribution >= 4 is 46.6 Å². The Balaban J connectivity index is 1.74. The molecular weight excluding hydrogens is 445 g/mol. The number of carbonyl (C=O) groups excluding carboxylic acids is 3. The van der Waals surface area contributed by atoms with Gasteiger partial charge in [-0.2, -0.15) is 0 Å². The second kappa shape index (κ2) is 12.8. The minimum absolute atomic E-state index is 0.0934. The molecule has 0 aliphatic carbocycles. The van der Waals surface area contributed by atoms with E-state index >= 15 is 0 Å². The first kappa shape index (κ1) is 24.5. The average Bonchev–Trinajstić information content (AvgIpc) is 2.76. The number of hydrazine groups is 1. The maximum atomic E-state index is 12.2. The van der Waals surface area contributed by atoms with Crippen molar-refractivity contribution in [1.82, 2.24) is 10.9 Å². The van der Waals surface area contributed by atoms with Gasteiger partial charge in [-0.3, -0.25) is 25.2 Å². The molecule has 2 aromatic rings. The van der Waals surface area contributed by atoms with Gasteiger partial charge in [-0.1, -0.05) is 29.3 Å². The average molecular weight is 468 g/mol. The molecule has 0 bridgehead atoms. The van der Waals surface area contributed by atoms with Gasteiger partial charge in [0.25, 0.3) is 5.91 Å². The van der Waals surface area contributed by atoms with Crippen molar-refractivity contribution < 1.29 is 23.9 Å². The van der Waals surface area contributed by atoms with Crippen LogP contribution in [0.3, 0.4) is 0 Å². The number of carbonyl (C=O) groups is 3. The lowest BCUT2D eigenvalue weighted by Crippen LogP contribution is -2.41. The van der Waals surface area contributed by atoms with Gasteiger partial charge in [0.2, 0.25) is 11.8 Å². The van der Waals surface area contributed by atoms with Gasteiger partial charge in [0, 0.05) is 30.0 Å². The fraction of sp³-hybridized carbons (Fsp3) is 0.286. The highest BCUT2D eigenvalue weighted by Crippen LogP contribution is 2.25. The maximum absolute atomic E-state index is 12.2. The van der Waals surface area contributed by atoms with Crippen molar-refractivity contribution in [1.29, 1.82) is 0 Å². The number of anilines is 1. The lowest BCUT2D eigenvalue weighted by Gasteiger charge is -2.10. The van der Waals surface area contributed by atoms with Crippen LogP contribution >= 0.6 is 23.2 Å². The van der Waals surface area contributed by atoms with Crippen LogP contribution in [0, 0.1) is 0 Å². The smallest absolute Gasteiger partial charge is 0.269 e. The molecule has 0 spiro atoms. The van der Waals surface area contributed by atoms with E-state index in [2.05, 4.69) is 16.2 Å². The van der Waals surface area contributed by atoms with Crippen molar-refractivity contribution in [2.45, 2.75) is 19.8 Å². The van der Waals surface area contributed by atoms with E-state index in [-0.39, 0.29) is 12.8 Å². The second-order valence-corrected chi connectivity index (χ2v) is 7.09. The molecule has 0 atom stereocenters. The van der Waals surface area contributed by atoms with Gasteiger partial charge in [-0.05, 0) is 43.3 Å². The zero-order valence-corrected chi connectivity index (χ0v) is 18.4. The molecule has 0 heterocycles. The Kier molecular flexibility index (Phi) is 10.1. The van der Waals surface area contributed by atoms with Crippen LogP contribution < -0.4 is 20.9 Å². The fourth-order valence-corrected chi connectivity index (χ4v) is 2.84. The normalized spacial score (nSPS) is 10.3. The molecule has 0 aliphatic rings. The monoisotopic (exact) mass is 467 g/mol. The summed E-state index contributed by atoms with van der Waals surface area (Å²) in [5, 5.41) is 3.33. The van der Waals surface area contributed by atoms with Crippen LogP contribution in [0.1, 0.15) is 30.1 Å². The number of ether oxygens (including phenoxy) is 2. The number of nitrogens with one attached hydrogen (secondary N) is 3. The molecule has 0 fully saturated rings. The third kappa shape index (κ3) is 8.84. The molecule has 2 aromatic carbocycles. The van der Waals surface area contributed by atoms with E-state index < -0.39 is 17.7 Å². The Morgan fingerprint density at radius 1 is 0.935 bits per heavy atom. The van der Waals surface area contributed by atoms with E-state index in [4.69, 9.17) is 32.7 Å². The lowest BCUT2D eigenvalue weighted by molar-refractivity contribution is -0.124. The summed E-state index contributed by atoms with van der Waals surface area (Å²) >= 11 is 11.8. The molecule has 166 valence electrons. The molecule has 0 unspecified atom stereocenters. The SMILES string of the molecule is CCOCCOc1cccc(C(=O)NNC(=O)CCC(=O)Nc2ccc(Cl)cc2Cl)c1. The van der Waals surface area contributed by atoms with E-state index in [1.54, 1.807) is 36.4 Å². The number of rotatable bonds is 10. The van der Waals surface area contributed by atoms with Gasteiger partial charge in [-0.15, -0.1) is 0 Å². The number of hydrogen-bond donors (Lipinski definition) is 3. The summed E-state index contributed by atoms with van der Waals surface area (Å²) in [6.45, 7) is 3.29. The molecule has 31 heavy (non-hydrogen) atoms. The Hall–Kier alpha value is -2.81. The molecule has 3 N–H and O–H groups in total. The zero-order chi connectivity index (χ0) is 22.6. The summed E-state index contributed by atoms with van der Waals surface area (Å²) in [6, 6.07) is 11.2. The van der Waals surface area contributed by atoms with Crippen LogP contribution in [0.4, 0.5) is 5.69 Å². The van der Waals surface area contributed by atoms with Gasteiger partial charge in [0.05, 0.1) is 17.3 Å². The van der Waals surface area contributed by atoms with Crippen LogP contribution in [-0.2, 0) is 14.3 Å². The van der Waals surface area contributed by atoms with Gasteiger partial charge < -0.3 is 14.8 Å². The molecule has 2 rings (SSSR count). The van der Waals surface area contributed by atoms with Crippen molar-refractivity contribution in [2.24, 2.45) is 0 Å². The summed E-state index contributed by atoms with van der Waals surface area (Å²) in [7, 11) is 0. The van der Waals surface area contributed by atoms with Crippen LogP contribution in [0.5, 0.6) is 5.75 Å². The largest absolute Gasteiger partial charge is 0.491 e. The third-order valence-electron chi connectivity index (χ3n) is 3.90. The van der Waals surface area contributed by atoms with Gasteiger partial charge in [-0.25, -0.2) is 0 Å². The summed E-state index contributed by atoms with van der Waals surface area (Å²) < 4.78 is 10.7. The highest BCUT2D eigenvalue weighted by molar-refractivity contribution is 6.36. The molecule has 10 heteroatoms. The first-order chi connectivity index (χ1) is 14.9. The van der Waals surface area contributed by atoms with Gasteiger partial charge in [0.1, 0.15) is 12.4 Å². The first-order valence-corrected chi connectivity index (χ1v) is 10.3. The molecule has 0 saturated heterocycles. The third-order valence-corrected chi connectivity index (χ3v) is 4.44. The van der Waals surface area contributed by atoms with Crippen LogP contribution in [0.2, 0.25) is 10.0 Å². The lowest BCUT2D eigenvalue weighted by atomic mass is 10.2. The highest BCUT2D eigenvalue weighted by Gasteiger charge is 2.11. The number of amides is 3. The Bertz CT molecular complexity index is 924. The predicted octanol–water partition coefficient (Wildman–Crippen LogP) is 3.59. The van der Waals surface area contributed by atoms with Crippen molar-refractivity contribution in [3.8, 4) is 5.75 Å². The Morgan fingerprint density at radius 3 is 2.45 bits per heavy atom. The maximum Gasteiger partial charge on any atom is 0.269 e. The predicted molar refractivity (Wildman–Crippen MR) is 118 cm³/mol. The number of hydrogen-bond acceptors (Lipinski definition) is 5. The van der Waals surface area contributed by atoms with E-state index in [0.717, 1.165) is 0 Å². The van der Waals surface area contributed by atoms with E-state index in [1.807, 2.05) is 6.92 Å². The first-order valence-electron chi connectivity index (χ1n) is 9.53. The number of benzene rings is 2. The van der Waals surface area contributed by atoms with E-state index in [9.17, 15) is 14.4 Å². The minimum Gasteiger partial charge on any atom is -0.491 e. The van der Waals surface area contributed by atoms with Gasteiger partial charge in [0.15, 0.2) is 0 Å². The van der Waals surface area contributed by atoms with E-state index in [0.29, 0.717) is 46.9 Å². The van der Waals surface area contributed by atoms with Crippen LogP contribution in [0.25, 0.3) is 0 Å². The minimum atomic E-state index is -0.519. The molecule has 0 aliphatic heterocycles. The highest BCUT2D eigenvalue weighted by atomic mass is 35.5. The molecule has 0 aromatic heterocycles. The Morgan fingerprint density at radius 2 is 1.71 bits per heavy atom. The summed E-state index contributed by atoms with van der Waals surface area (Å²) in [5.74, 6) is -0.922. The molecule has 8 nitrogen and oxygen atoms in total. The summed E-state index contributed by atoms with van der Waals surface area (Å²) in [5.41, 5.74) is 5.29. The Labute approximate surface area is 190 Å². The summed E-state index contributed by atoms with van der Waals surface area (Å²) in [4.78, 5) is 36.1. The quantitative estimate of drug-likeness (QED) is 0.365. The van der Waals surface area contributed by atoms with Crippen molar-refractivity contribution in [3.63, 3.8) is 0 Å². The topological polar surface area (TPSA) is 106 Å². The summed E-state index contributed by atoms with van der Waals surface area (Å²) in [6.07, 6.45) is -0.221. The second-order valence-electron chi connectivity index (χ2n) is 6.25. The van der Waals surface area contributed by atoms with Crippen molar-refractivity contribution in [2.75, 3.05) is 25.1 Å².